The van der Waals surface area contributed by atoms with E-state index in [4.69, 9.17) is 4.74 Å². The van der Waals surface area contributed by atoms with Gasteiger partial charge in [0.25, 0.3) is 0 Å². The summed E-state index contributed by atoms with van der Waals surface area (Å²) in [4.78, 5) is 11.8. The standard InChI is InChI=1S/C13H26N2O2/c1-5-13(6-2)9-11(7-8-17-13)15-12(16)10(3)14-4/h10-11,14H,5-9H2,1-4H3,(H,15,16). The topological polar surface area (TPSA) is 50.4 Å². The minimum absolute atomic E-state index is 0.0287. The fourth-order valence-corrected chi connectivity index (χ4v) is 2.35. The van der Waals surface area contributed by atoms with Gasteiger partial charge >= 0.3 is 0 Å². The summed E-state index contributed by atoms with van der Waals surface area (Å²) < 4.78 is 5.90. The minimum atomic E-state index is -0.129. The zero-order valence-electron chi connectivity index (χ0n) is 11.5. The van der Waals surface area contributed by atoms with Crippen molar-refractivity contribution in [1.29, 1.82) is 0 Å². The molecule has 0 saturated carbocycles. The van der Waals surface area contributed by atoms with Crippen LogP contribution >= 0.6 is 0 Å². The van der Waals surface area contributed by atoms with Gasteiger partial charge in [0.05, 0.1) is 11.6 Å². The summed E-state index contributed by atoms with van der Waals surface area (Å²) in [5.74, 6) is 0.0838. The van der Waals surface area contributed by atoms with Gasteiger partial charge in [-0.1, -0.05) is 13.8 Å². The van der Waals surface area contributed by atoms with Gasteiger partial charge in [-0.15, -0.1) is 0 Å². The Morgan fingerprint density at radius 2 is 2.12 bits per heavy atom. The summed E-state index contributed by atoms with van der Waals surface area (Å²) in [6.07, 6.45) is 3.88. The predicted octanol–water partition coefficient (Wildman–Crippen LogP) is 1.45. The SMILES string of the molecule is CCC1(CC)CC(NC(=O)C(C)NC)CCO1. The third kappa shape index (κ3) is 3.68. The van der Waals surface area contributed by atoms with E-state index in [0.29, 0.717) is 0 Å². The van der Waals surface area contributed by atoms with E-state index in [9.17, 15) is 4.79 Å². The zero-order valence-corrected chi connectivity index (χ0v) is 11.5. The summed E-state index contributed by atoms with van der Waals surface area (Å²) in [7, 11) is 1.80. The van der Waals surface area contributed by atoms with Crippen molar-refractivity contribution in [2.24, 2.45) is 0 Å². The van der Waals surface area contributed by atoms with Crippen LogP contribution in [0.2, 0.25) is 0 Å². The molecule has 1 aliphatic rings. The number of carbonyl (C=O) groups is 1. The number of hydrogen-bond acceptors (Lipinski definition) is 3. The molecule has 0 radical (unpaired) electrons. The molecule has 4 heteroatoms. The maximum absolute atomic E-state index is 11.8. The number of likely N-dealkylation sites (N-methyl/N-ethyl adjacent to an activating group) is 1. The van der Waals surface area contributed by atoms with Crippen LogP contribution in [0.3, 0.4) is 0 Å². The van der Waals surface area contributed by atoms with Crippen LogP contribution in [0.4, 0.5) is 0 Å². The third-order valence-corrected chi connectivity index (χ3v) is 3.95. The quantitative estimate of drug-likeness (QED) is 0.767. The number of ether oxygens (including phenoxy) is 1. The van der Waals surface area contributed by atoms with Crippen molar-refractivity contribution in [3.8, 4) is 0 Å². The molecule has 4 nitrogen and oxygen atoms in total. The van der Waals surface area contributed by atoms with Gasteiger partial charge in [-0.25, -0.2) is 0 Å². The second-order valence-electron chi connectivity index (χ2n) is 4.95. The molecule has 1 rings (SSSR count). The van der Waals surface area contributed by atoms with E-state index in [1.54, 1.807) is 7.05 Å². The Balaban J connectivity index is 2.52. The summed E-state index contributed by atoms with van der Waals surface area (Å²) in [5, 5.41) is 6.07. The molecular formula is C13H26N2O2. The predicted molar refractivity (Wildman–Crippen MR) is 69.0 cm³/mol. The molecule has 0 aromatic heterocycles. The van der Waals surface area contributed by atoms with Gasteiger partial charge in [0.2, 0.25) is 5.91 Å². The Labute approximate surface area is 104 Å². The fourth-order valence-electron chi connectivity index (χ4n) is 2.35. The first kappa shape index (κ1) is 14.5. The van der Waals surface area contributed by atoms with Crippen molar-refractivity contribution in [2.45, 2.75) is 64.1 Å². The lowest BCUT2D eigenvalue weighted by molar-refractivity contribution is -0.127. The molecule has 1 amide bonds. The summed E-state index contributed by atoms with van der Waals surface area (Å²) in [6, 6.07) is 0.127. The van der Waals surface area contributed by atoms with Crippen molar-refractivity contribution >= 4 is 5.91 Å². The largest absolute Gasteiger partial charge is 0.375 e. The average Bonchev–Trinajstić information content (AvgIpc) is 2.37. The number of carbonyl (C=O) groups excluding carboxylic acids is 1. The Morgan fingerprint density at radius 3 is 2.65 bits per heavy atom. The third-order valence-electron chi connectivity index (χ3n) is 3.95. The first-order valence-electron chi connectivity index (χ1n) is 6.68. The van der Waals surface area contributed by atoms with Crippen molar-refractivity contribution < 1.29 is 9.53 Å². The molecule has 1 aliphatic heterocycles. The summed E-state index contributed by atoms with van der Waals surface area (Å²) in [5.41, 5.74) is -0.0287. The van der Waals surface area contributed by atoms with Gasteiger partial charge in [0.15, 0.2) is 0 Å². The molecule has 0 aromatic rings. The minimum Gasteiger partial charge on any atom is -0.375 e. The van der Waals surface area contributed by atoms with Crippen LogP contribution in [0, 0.1) is 0 Å². The highest BCUT2D eigenvalue weighted by molar-refractivity contribution is 5.81. The summed E-state index contributed by atoms with van der Waals surface area (Å²) in [6.45, 7) is 6.94. The highest BCUT2D eigenvalue weighted by Crippen LogP contribution is 2.31. The highest BCUT2D eigenvalue weighted by atomic mass is 16.5. The number of amides is 1. The van der Waals surface area contributed by atoms with Gasteiger partial charge in [-0.05, 0) is 39.7 Å². The van der Waals surface area contributed by atoms with E-state index in [1.807, 2.05) is 6.92 Å². The van der Waals surface area contributed by atoms with Crippen LogP contribution in [0.5, 0.6) is 0 Å². The van der Waals surface area contributed by atoms with Crippen LogP contribution in [0.25, 0.3) is 0 Å². The van der Waals surface area contributed by atoms with Gasteiger partial charge < -0.3 is 15.4 Å². The smallest absolute Gasteiger partial charge is 0.237 e. The van der Waals surface area contributed by atoms with E-state index < -0.39 is 0 Å². The first-order chi connectivity index (χ1) is 8.06. The van der Waals surface area contributed by atoms with Crippen molar-refractivity contribution in [3.63, 3.8) is 0 Å². The molecule has 1 heterocycles. The van der Waals surface area contributed by atoms with Crippen molar-refractivity contribution in [1.82, 2.24) is 10.6 Å². The van der Waals surface area contributed by atoms with Gasteiger partial charge in [0, 0.05) is 12.6 Å². The molecule has 0 aromatic carbocycles. The fraction of sp³-hybridized carbons (Fsp3) is 0.923. The molecular weight excluding hydrogens is 216 g/mol. The molecule has 0 bridgehead atoms. The molecule has 1 saturated heterocycles. The molecule has 0 aliphatic carbocycles. The van der Waals surface area contributed by atoms with E-state index in [-0.39, 0.29) is 23.6 Å². The van der Waals surface area contributed by atoms with E-state index in [2.05, 4.69) is 24.5 Å². The molecule has 1 fully saturated rings. The monoisotopic (exact) mass is 242 g/mol. The van der Waals surface area contributed by atoms with Crippen LogP contribution in [0.1, 0.15) is 46.5 Å². The highest BCUT2D eigenvalue weighted by Gasteiger charge is 2.35. The molecule has 17 heavy (non-hydrogen) atoms. The normalized spacial score (nSPS) is 25.3. The lowest BCUT2D eigenvalue weighted by Crippen LogP contribution is -2.51. The second-order valence-corrected chi connectivity index (χ2v) is 4.95. The van der Waals surface area contributed by atoms with Crippen LogP contribution < -0.4 is 10.6 Å². The molecule has 2 atom stereocenters. The lowest BCUT2D eigenvalue weighted by atomic mass is 9.86. The van der Waals surface area contributed by atoms with Crippen LogP contribution in [0.15, 0.2) is 0 Å². The van der Waals surface area contributed by atoms with Gasteiger partial charge in [-0.2, -0.15) is 0 Å². The lowest BCUT2D eigenvalue weighted by Gasteiger charge is -2.40. The van der Waals surface area contributed by atoms with E-state index >= 15 is 0 Å². The van der Waals surface area contributed by atoms with Crippen molar-refractivity contribution in [2.75, 3.05) is 13.7 Å². The summed E-state index contributed by atoms with van der Waals surface area (Å²) >= 11 is 0. The maximum Gasteiger partial charge on any atom is 0.237 e. The van der Waals surface area contributed by atoms with Crippen molar-refractivity contribution in [3.05, 3.63) is 0 Å². The average molecular weight is 242 g/mol. The van der Waals surface area contributed by atoms with Gasteiger partial charge in [-0.3, -0.25) is 4.79 Å². The van der Waals surface area contributed by atoms with Crippen LogP contribution in [-0.4, -0.2) is 37.2 Å². The second kappa shape index (κ2) is 6.36. The molecule has 2 N–H and O–H groups in total. The molecule has 2 unspecified atom stereocenters. The Morgan fingerprint density at radius 1 is 1.47 bits per heavy atom. The van der Waals surface area contributed by atoms with Crippen LogP contribution in [-0.2, 0) is 9.53 Å². The van der Waals surface area contributed by atoms with Gasteiger partial charge in [0.1, 0.15) is 0 Å². The van der Waals surface area contributed by atoms with E-state index in [0.717, 1.165) is 32.3 Å². The van der Waals surface area contributed by atoms with E-state index in [1.165, 1.54) is 0 Å². The maximum atomic E-state index is 11.8. The Kier molecular flexibility index (Phi) is 5.40. The number of rotatable bonds is 5. The number of nitrogens with one attached hydrogen (secondary N) is 2. The molecule has 100 valence electrons. The zero-order chi connectivity index (χ0) is 12.9. The Bertz CT molecular complexity index is 252. The number of hydrogen-bond donors (Lipinski definition) is 2. The molecule has 0 spiro atoms. The first-order valence-corrected chi connectivity index (χ1v) is 6.68. The Hall–Kier alpha value is -0.610.